The molecule has 0 radical (unpaired) electrons. The average Bonchev–Trinajstić information content (AvgIpc) is 3.00. The lowest BCUT2D eigenvalue weighted by atomic mass is 10.1. The van der Waals surface area contributed by atoms with Crippen LogP contribution in [0.1, 0.15) is 24.5 Å². The largest absolute Gasteiger partial charge is 0.399 e. The molecule has 138 valence electrons. The van der Waals surface area contributed by atoms with Gasteiger partial charge in [0.25, 0.3) is 0 Å². The molecule has 3 rings (SSSR count). The third kappa shape index (κ3) is 4.17. The number of nitrogen functional groups attached to an aromatic ring is 1. The number of nitrogens with zero attached hydrogens (tertiary/aromatic N) is 1. The van der Waals surface area contributed by atoms with Gasteiger partial charge in [0.05, 0.1) is 5.92 Å². The summed E-state index contributed by atoms with van der Waals surface area (Å²) >= 11 is 0. The molecule has 6 heteroatoms. The van der Waals surface area contributed by atoms with Gasteiger partial charge in [-0.3, -0.25) is 9.59 Å². The van der Waals surface area contributed by atoms with Crippen LogP contribution in [0.5, 0.6) is 0 Å². The second-order valence-electron chi connectivity index (χ2n) is 6.49. The first kappa shape index (κ1) is 19.8. The summed E-state index contributed by atoms with van der Waals surface area (Å²) in [4.78, 5) is 26.6. The van der Waals surface area contributed by atoms with Crippen LogP contribution < -0.4 is 16.0 Å². The Hall–Kier alpha value is -2.53. The molecule has 5 nitrogen and oxygen atoms in total. The van der Waals surface area contributed by atoms with Crippen molar-refractivity contribution in [3.63, 3.8) is 0 Å². The van der Waals surface area contributed by atoms with Crippen molar-refractivity contribution in [3.8, 4) is 0 Å². The Morgan fingerprint density at radius 3 is 2.58 bits per heavy atom. The van der Waals surface area contributed by atoms with Crippen molar-refractivity contribution in [1.29, 1.82) is 0 Å². The Morgan fingerprint density at radius 2 is 1.92 bits per heavy atom. The molecule has 0 aromatic heterocycles. The van der Waals surface area contributed by atoms with E-state index in [0.717, 1.165) is 17.7 Å². The van der Waals surface area contributed by atoms with Gasteiger partial charge in [-0.1, -0.05) is 25.1 Å². The van der Waals surface area contributed by atoms with Gasteiger partial charge in [0.1, 0.15) is 0 Å². The summed E-state index contributed by atoms with van der Waals surface area (Å²) in [6.07, 6.45) is 1.18. The highest BCUT2D eigenvalue weighted by Crippen LogP contribution is 2.27. The number of nitrogens with one attached hydrogen (secondary N) is 1. The van der Waals surface area contributed by atoms with Crippen LogP contribution in [0.15, 0.2) is 42.5 Å². The van der Waals surface area contributed by atoms with E-state index in [2.05, 4.69) is 12.2 Å². The van der Waals surface area contributed by atoms with Crippen molar-refractivity contribution < 1.29 is 9.59 Å². The molecule has 3 N–H and O–H groups in total. The highest BCUT2D eigenvalue weighted by molar-refractivity contribution is 6.03. The van der Waals surface area contributed by atoms with Gasteiger partial charge in [0.15, 0.2) is 0 Å². The van der Waals surface area contributed by atoms with Gasteiger partial charge in [-0.05, 0) is 48.7 Å². The summed E-state index contributed by atoms with van der Waals surface area (Å²) in [6, 6.07) is 13.3. The second-order valence-corrected chi connectivity index (χ2v) is 6.49. The van der Waals surface area contributed by atoms with Gasteiger partial charge in [0, 0.05) is 30.0 Å². The smallest absolute Gasteiger partial charge is 0.229 e. The lowest BCUT2D eigenvalue weighted by molar-refractivity contribution is -0.122. The molecule has 2 amide bonds. The first-order valence-corrected chi connectivity index (χ1v) is 8.54. The minimum absolute atomic E-state index is 0. The molecule has 1 aliphatic heterocycles. The van der Waals surface area contributed by atoms with Gasteiger partial charge >= 0.3 is 0 Å². The fourth-order valence-corrected chi connectivity index (χ4v) is 3.05. The molecule has 1 heterocycles. The average molecular weight is 374 g/mol. The van der Waals surface area contributed by atoms with E-state index >= 15 is 0 Å². The van der Waals surface area contributed by atoms with Crippen LogP contribution in [0.4, 0.5) is 17.1 Å². The van der Waals surface area contributed by atoms with Crippen molar-refractivity contribution in [2.24, 2.45) is 5.92 Å². The Bertz CT molecular complexity index is 805. The van der Waals surface area contributed by atoms with Crippen LogP contribution >= 0.6 is 12.4 Å². The van der Waals surface area contributed by atoms with Crippen molar-refractivity contribution in [1.82, 2.24) is 0 Å². The molecule has 1 atom stereocenters. The molecule has 1 aliphatic rings. The van der Waals surface area contributed by atoms with Crippen molar-refractivity contribution in [2.75, 3.05) is 22.5 Å². The van der Waals surface area contributed by atoms with E-state index in [1.54, 1.807) is 17.0 Å². The number of nitrogens with two attached hydrogens (primary N) is 1. The van der Waals surface area contributed by atoms with Gasteiger partial charge in [-0.25, -0.2) is 0 Å². The Balaban J connectivity index is 0.00000243. The number of carbonyl (C=O) groups excluding carboxylic acids is 2. The predicted molar refractivity (Wildman–Crippen MR) is 108 cm³/mol. The van der Waals surface area contributed by atoms with E-state index in [4.69, 9.17) is 5.73 Å². The monoisotopic (exact) mass is 373 g/mol. The maximum atomic E-state index is 12.6. The van der Waals surface area contributed by atoms with Crippen LogP contribution in [-0.2, 0) is 16.0 Å². The zero-order valence-corrected chi connectivity index (χ0v) is 15.8. The Morgan fingerprint density at radius 1 is 1.23 bits per heavy atom. The Labute approximate surface area is 160 Å². The van der Waals surface area contributed by atoms with Crippen LogP contribution in [0, 0.1) is 12.8 Å². The number of amides is 2. The molecule has 1 unspecified atom stereocenters. The van der Waals surface area contributed by atoms with E-state index in [0.29, 0.717) is 17.9 Å². The summed E-state index contributed by atoms with van der Waals surface area (Å²) in [5.74, 6) is -0.525. The molecule has 2 aromatic carbocycles. The van der Waals surface area contributed by atoms with Gasteiger partial charge in [-0.15, -0.1) is 12.4 Å². The van der Waals surface area contributed by atoms with E-state index in [1.165, 1.54) is 5.56 Å². The second kappa shape index (κ2) is 8.23. The number of hydrogen-bond donors (Lipinski definition) is 2. The molecule has 0 aliphatic carbocycles. The van der Waals surface area contributed by atoms with E-state index < -0.39 is 0 Å². The molecule has 0 bridgehead atoms. The molecule has 1 saturated heterocycles. The number of rotatable bonds is 4. The number of benzene rings is 2. The summed E-state index contributed by atoms with van der Waals surface area (Å²) in [7, 11) is 0. The van der Waals surface area contributed by atoms with Crippen LogP contribution in [0.3, 0.4) is 0 Å². The number of aryl methyl sites for hydroxylation is 2. The van der Waals surface area contributed by atoms with Crippen LogP contribution in [0.25, 0.3) is 0 Å². The minimum Gasteiger partial charge on any atom is -0.399 e. The molecule has 2 aromatic rings. The fourth-order valence-electron chi connectivity index (χ4n) is 3.05. The van der Waals surface area contributed by atoms with Gasteiger partial charge in [0.2, 0.25) is 11.8 Å². The highest BCUT2D eigenvalue weighted by atomic mass is 35.5. The first-order valence-electron chi connectivity index (χ1n) is 8.54. The minimum atomic E-state index is -0.362. The van der Waals surface area contributed by atoms with Crippen molar-refractivity contribution in [3.05, 3.63) is 53.6 Å². The lowest BCUT2D eigenvalue weighted by Crippen LogP contribution is -2.28. The number of hydrogen-bond acceptors (Lipinski definition) is 3. The number of carbonyl (C=O) groups is 2. The van der Waals surface area contributed by atoms with Crippen molar-refractivity contribution in [2.45, 2.75) is 26.7 Å². The lowest BCUT2D eigenvalue weighted by Gasteiger charge is -2.17. The van der Waals surface area contributed by atoms with E-state index in [-0.39, 0.29) is 36.6 Å². The molecular weight excluding hydrogens is 350 g/mol. The third-order valence-electron chi connectivity index (χ3n) is 4.67. The maximum Gasteiger partial charge on any atom is 0.229 e. The number of anilines is 3. The normalized spacial score (nSPS) is 16.3. The molecule has 0 saturated carbocycles. The highest BCUT2D eigenvalue weighted by Gasteiger charge is 2.35. The zero-order chi connectivity index (χ0) is 18.0. The first-order chi connectivity index (χ1) is 12.0. The van der Waals surface area contributed by atoms with Gasteiger partial charge in [-0.2, -0.15) is 0 Å². The number of halogens is 1. The van der Waals surface area contributed by atoms with Crippen LogP contribution in [0.2, 0.25) is 0 Å². The Kier molecular flexibility index (Phi) is 6.27. The van der Waals surface area contributed by atoms with E-state index in [9.17, 15) is 9.59 Å². The summed E-state index contributed by atoms with van der Waals surface area (Å²) in [5.41, 5.74) is 10.1. The van der Waals surface area contributed by atoms with E-state index in [1.807, 2.05) is 37.3 Å². The summed E-state index contributed by atoms with van der Waals surface area (Å²) < 4.78 is 0. The van der Waals surface area contributed by atoms with Crippen LogP contribution in [-0.4, -0.2) is 18.4 Å². The summed E-state index contributed by atoms with van der Waals surface area (Å²) in [6.45, 7) is 4.41. The predicted octanol–water partition coefficient (Wildman–Crippen LogP) is 3.55. The van der Waals surface area contributed by atoms with Crippen molar-refractivity contribution >= 4 is 41.3 Å². The van der Waals surface area contributed by atoms with Gasteiger partial charge < -0.3 is 16.0 Å². The zero-order valence-electron chi connectivity index (χ0n) is 15.0. The SMILES string of the molecule is CCc1ccc(N2CC(C(=O)Nc3cc(N)ccc3C)CC2=O)cc1.Cl. The molecule has 0 spiro atoms. The maximum absolute atomic E-state index is 12.6. The topological polar surface area (TPSA) is 75.4 Å². The summed E-state index contributed by atoms with van der Waals surface area (Å²) in [5, 5.41) is 2.91. The molecule has 1 fully saturated rings. The fraction of sp³-hybridized carbons (Fsp3) is 0.300. The third-order valence-corrected chi connectivity index (χ3v) is 4.67. The molecule has 26 heavy (non-hydrogen) atoms. The quantitative estimate of drug-likeness (QED) is 0.804. The molecular formula is C20H24ClN3O2. The standard InChI is InChI=1S/C20H23N3O2.ClH/c1-3-14-5-8-17(9-6-14)23-12-15(10-19(23)24)20(25)22-18-11-16(21)7-4-13(18)2;/h4-9,11,15H,3,10,12,21H2,1-2H3,(H,22,25);1H.